The number of hydrogen-bond acceptors (Lipinski definition) is 5. The lowest BCUT2D eigenvalue weighted by atomic mass is 9.46. The Morgan fingerprint density at radius 1 is 1.15 bits per heavy atom. The first-order valence-corrected chi connectivity index (χ1v) is 13.8. The molecule has 1 saturated heterocycles. The van der Waals surface area contributed by atoms with E-state index in [2.05, 4.69) is 36.6 Å². The standard InChI is InChI=1S/C28H43N3O3/c1-18(31-34-26(33)30-16-12-20-5-4-15-29-20)23-8-9-24-22-7-6-19-17-21(32)10-13-27(19,2)25(22)11-14-28(23,24)3/h17,20,22-25,29H,4-16H2,1-3H3,(H,30,33)/b31-18+/t20?,22-,23+,24-,25-,27-,28+/m0/s1. The Labute approximate surface area is 204 Å². The minimum Gasteiger partial charge on any atom is -0.320 e. The van der Waals surface area contributed by atoms with Gasteiger partial charge in [-0.05, 0) is 112 Å². The van der Waals surface area contributed by atoms with Gasteiger partial charge in [0.2, 0.25) is 0 Å². The quantitative estimate of drug-likeness (QED) is 0.322. The Morgan fingerprint density at radius 2 is 2.00 bits per heavy atom. The molecule has 1 aliphatic heterocycles. The van der Waals surface area contributed by atoms with Crippen molar-refractivity contribution in [1.29, 1.82) is 0 Å². The summed E-state index contributed by atoms with van der Waals surface area (Å²) in [5, 5.41) is 10.6. The van der Waals surface area contributed by atoms with Gasteiger partial charge in [0.25, 0.3) is 0 Å². The third kappa shape index (κ3) is 4.25. The summed E-state index contributed by atoms with van der Waals surface area (Å²) in [7, 11) is 0. The molecule has 1 heterocycles. The van der Waals surface area contributed by atoms with Gasteiger partial charge in [-0.3, -0.25) is 9.63 Å². The molecule has 6 nitrogen and oxygen atoms in total. The smallest absolute Gasteiger partial charge is 0.320 e. The molecule has 34 heavy (non-hydrogen) atoms. The predicted octanol–water partition coefficient (Wildman–Crippen LogP) is 5.38. The summed E-state index contributed by atoms with van der Waals surface area (Å²) >= 11 is 0. The molecule has 5 aliphatic rings. The van der Waals surface area contributed by atoms with Crippen LogP contribution in [0.2, 0.25) is 0 Å². The molecule has 3 saturated carbocycles. The van der Waals surface area contributed by atoms with Gasteiger partial charge in [-0.15, -0.1) is 0 Å². The van der Waals surface area contributed by atoms with Crippen LogP contribution in [-0.2, 0) is 9.63 Å². The van der Waals surface area contributed by atoms with Gasteiger partial charge >= 0.3 is 6.09 Å². The normalized spacial score (nSPS) is 41.9. The largest absolute Gasteiger partial charge is 0.433 e. The van der Waals surface area contributed by atoms with E-state index in [0.29, 0.717) is 36.1 Å². The fourth-order valence-corrected chi connectivity index (χ4v) is 8.81. The Kier molecular flexibility index (Phi) is 6.64. The third-order valence-corrected chi connectivity index (χ3v) is 10.7. The van der Waals surface area contributed by atoms with Gasteiger partial charge in [-0.25, -0.2) is 4.79 Å². The zero-order valence-corrected chi connectivity index (χ0v) is 21.3. The number of amides is 1. The Bertz CT molecular complexity index is 876. The second kappa shape index (κ2) is 9.40. The Hall–Kier alpha value is -1.69. The minimum absolute atomic E-state index is 0.217. The molecule has 0 aromatic rings. The van der Waals surface area contributed by atoms with Crippen molar-refractivity contribution in [3.8, 4) is 0 Å². The van der Waals surface area contributed by atoms with Crippen molar-refractivity contribution in [2.45, 2.75) is 97.4 Å². The van der Waals surface area contributed by atoms with Crippen molar-refractivity contribution in [3.05, 3.63) is 11.6 Å². The molecule has 188 valence electrons. The lowest BCUT2D eigenvalue weighted by molar-refractivity contribution is -0.117. The predicted molar refractivity (Wildman–Crippen MR) is 133 cm³/mol. The summed E-state index contributed by atoms with van der Waals surface area (Å²) in [6.45, 7) is 8.67. The number of hydrogen-bond donors (Lipinski definition) is 2. The fourth-order valence-electron chi connectivity index (χ4n) is 8.81. The first-order valence-electron chi connectivity index (χ1n) is 13.8. The Morgan fingerprint density at radius 3 is 2.79 bits per heavy atom. The maximum atomic E-state index is 12.2. The number of rotatable bonds is 5. The zero-order valence-electron chi connectivity index (χ0n) is 21.3. The SMILES string of the molecule is C/C(=N\OC(=O)NCCC1CCCN1)[C@H]1CC[C@H]2[C@@H]3CCC4=CC(=O)CC[C@]4(C)[C@H]3CC[C@]12C. The van der Waals surface area contributed by atoms with Crippen molar-refractivity contribution in [2.24, 2.45) is 39.7 Å². The van der Waals surface area contributed by atoms with E-state index in [-0.39, 0.29) is 10.8 Å². The lowest BCUT2D eigenvalue weighted by Gasteiger charge is -2.58. The molecular formula is C28H43N3O3. The maximum Gasteiger partial charge on any atom is 0.433 e. The summed E-state index contributed by atoms with van der Waals surface area (Å²) in [4.78, 5) is 29.5. The van der Waals surface area contributed by atoms with Crippen LogP contribution >= 0.6 is 0 Å². The van der Waals surface area contributed by atoms with Crippen molar-refractivity contribution in [2.75, 3.05) is 13.1 Å². The lowest BCUT2D eigenvalue weighted by Crippen LogP contribution is -2.51. The molecule has 0 aromatic carbocycles. The van der Waals surface area contributed by atoms with E-state index < -0.39 is 6.09 Å². The van der Waals surface area contributed by atoms with Crippen LogP contribution in [0.15, 0.2) is 16.8 Å². The monoisotopic (exact) mass is 469 g/mol. The van der Waals surface area contributed by atoms with Gasteiger partial charge in [-0.1, -0.05) is 24.6 Å². The van der Waals surface area contributed by atoms with Gasteiger partial charge in [0, 0.05) is 24.9 Å². The number of carbonyl (C=O) groups is 2. The molecule has 6 heteroatoms. The van der Waals surface area contributed by atoms with E-state index in [0.717, 1.165) is 50.3 Å². The first-order chi connectivity index (χ1) is 16.3. The average molecular weight is 470 g/mol. The number of fused-ring (bicyclic) bond motifs is 5. The molecule has 0 radical (unpaired) electrons. The van der Waals surface area contributed by atoms with Crippen molar-refractivity contribution < 1.29 is 14.4 Å². The number of carbonyl (C=O) groups excluding carboxylic acids is 2. The summed E-state index contributed by atoms with van der Waals surface area (Å²) in [5.41, 5.74) is 2.85. The van der Waals surface area contributed by atoms with E-state index >= 15 is 0 Å². The molecular weight excluding hydrogens is 426 g/mol. The highest BCUT2D eigenvalue weighted by molar-refractivity contribution is 5.91. The molecule has 1 amide bonds. The highest BCUT2D eigenvalue weighted by Crippen LogP contribution is 2.66. The summed E-state index contributed by atoms with van der Waals surface area (Å²) < 4.78 is 0. The summed E-state index contributed by atoms with van der Waals surface area (Å²) in [6, 6.07) is 0.513. The summed E-state index contributed by atoms with van der Waals surface area (Å²) in [6.07, 6.45) is 13.8. The topological polar surface area (TPSA) is 79.8 Å². The minimum atomic E-state index is -0.438. The van der Waals surface area contributed by atoms with Gasteiger partial charge in [0.15, 0.2) is 5.78 Å². The highest BCUT2D eigenvalue weighted by atomic mass is 16.7. The molecule has 1 unspecified atom stereocenters. The second-order valence-electron chi connectivity index (χ2n) is 12.3. The Balaban J connectivity index is 1.20. The number of allylic oxidation sites excluding steroid dienone is 1. The van der Waals surface area contributed by atoms with Crippen molar-refractivity contribution >= 4 is 17.6 Å². The van der Waals surface area contributed by atoms with E-state index in [9.17, 15) is 9.59 Å². The van der Waals surface area contributed by atoms with E-state index in [1.54, 1.807) is 0 Å². The second-order valence-corrected chi connectivity index (χ2v) is 12.3. The van der Waals surface area contributed by atoms with Gasteiger partial charge in [0.05, 0.1) is 5.71 Å². The van der Waals surface area contributed by atoms with Gasteiger partial charge in [0.1, 0.15) is 0 Å². The van der Waals surface area contributed by atoms with Crippen LogP contribution in [0.1, 0.15) is 91.4 Å². The van der Waals surface area contributed by atoms with Crippen LogP contribution in [0.5, 0.6) is 0 Å². The van der Waals surface area contributed by atoms with Crippen molar-refractivity contribution in [3.63, 3.8) is 0 Å². The molecule has 5 rings (SSSR count). The number of nitrogens with one attached hydrogen (secondary N) is 2. The molecule has 7 atom stereocenters. The first kappa shape index (κ1) is 24.0. The number of ketones is 1. The van der Waals surface area contributed by atoms with Gasteiger partial charge in [-0.2, -0.15) is 0 Å². The van der Waals surface area contributed by atoms with Crippen LogP contribution < -0.4 is 10.6 Å². The van der Waals surface area contributed by atoms with E-state index in [4.69, 9.17) is 4.84 Å². The van der Waals surface area contributed by atoms with Crippen LogP contribution in [-0.4, -0.2) is 36.7 Å². The molecule has 2 N–H and O–H groups in total. The number of nitrogens with zero attached hydrogens (tertiary/aromatic N) is 1. The van der Waals surface area contributed by atoms with Crippen molar-refractivity contribution in [1.82, 2.24) is 10.6 Å². The van der Waals surface area contributed by atoms with Crippen LogP contribution in [0, 0.1) is 34.5 Å². The van der Waals surface area contributed by atoms with Gasteiger partial charge < -0.3 is 10.6 Å². The zero-order chi connectivity index (χ0) is 23.9. The third-order valence-electron chi connectivity index (χ3n) is 10.7. The molecule has 0 spiro atoms. The van der Waals surface area contributed by atoms with Crippen LogP contribution in [0.4, 0.5) is 4.79 Å². The van der Waals surface area contributed by atoms with E-state index in [1.807, 2.05) is 6.08 Å². The van der Waals surface area contributed by atoms with E-state index in [1.165, 1.54) is 44.1 Å². The van der Waals surface area contributed by atoms with Crippen LogP contribution in [0.3, 0.4) is 0 Å². The number of oxime groups is 1. The molecule has 4 fully saturated rings. The molecule has 0 bridgehead atoms. The van der Waals surface area contributed by atoms with Crippen LogP contribution in [0.25, 0.3) is 0 Å². The summed E-state index contributed by atoms with van der Waals surface area (Å²) in [5.74, 6) is 2.85. The molecule has 4 aliphatic carbocycles. The fraction of sp³-hybridized carbons (Fsp3) is 0.821. The highest BCUT2D eigenvalue weighted by Gasteiger charge is 2.59. The maximum absolute atomic E-state index is 12.2. The average Bonchev–Trinajstić information content (AvgIpc) is 3.45. The molecule has 0 aromatic heterocycles.